The molecule has 154 valence electrons. The number of aliphatic imine (C=N–C) groups is 1. The van der Waals surface area contributed by atoms with Gasteiger partial charge in [-0.25, -0.2) is 4.39 Å². The highest BCUT2D eigenvalue weighted by Crippen LogP contribution is 2.52. The van der Waals surface area contributed by atoms with Gasteiger partial charge < -0.3 is 15.4 Å². The van der Waals surface area contributed by atoms with Gasteiger partial charge >= 0.3 is 0 Å². The van der Waals surface area contributed by atoms with Crippen molar-refractivity contribution in [2.24, 2.45) is 28.7 Å². The average Bonchev–Trinajstić information content (AvgIpc) is 3.40. The minimum Gasteiger partial charge on any atom is -0.494 e. The number of halogens is 1. The van der Waals surface area contributed by atoms with Crippen LogP contribution in [-0.2, 0) is 16.1 Å². The number of methoxy groups -OCH3 is 1. The fourth-order valence-corrected chi connectivity index (χ4v) is 4.70. The van der Waals surface area contributed by atoms with Crippen LogP contribution in [0.4, 0.5) is 4.39 Å². The Morgan fingerprint density at radius 3 is 2.48 bits per heavy atom. The second kappa shape index (κ2) is 7.85. The van der Waals surface area contributed by atoms with Gasteiger partial charge in [-0.05, 0) is 36.0 Å². The Balaban J connectivity index is 1.27. The van der Waals surface area contributed by atoms with Crippen molar-refractivity contribution in [2.75, 3.05) is 27.2 Å². The van der Waals surface area contributed by atoms with Gasteiger partial charge in [-0.15, -0.1) is 0 Å². The fraction of sp³-hybridized carbons (Fsp3) is 0.476. The smallest absolute Gasteiger partial charge is 0.233 e. The van der Waals surface area contributed by atoms with Gasteiger partial charge in [0.2, 0.25) is 11.8 Å². The number of hydrogen-bond acceptors (Lipinski definition) is 4. The molecule has 1 aromatic carbocycles. The van der Waals surface area contributed by atoms with Gasteiger partial charge in [0.15, 0.2) is 17.5 Å². The third-order valence-electron chi connectivity index (χ3n) is 6.09. The molecule has 4 atom stereocenters. The number of nitrogens with zero attached hydrogens (tertiary/aromatic N) is 2. The molecule has 29 heavy (non-hydrogen) atoms. The highest BCUT2D eigenvalue weighted by Gasteiger charge is 2.58. The molecule has 2 bridgehead atoms. The number of benzene rings is 1. The quantitative estimate of drug-likeness (QED) is 0.326. The minimum atomic E-state index is -0.421. The summed E-state index contributed by atoms with van der Waals surface area (Å²) in [6.45, 7) is 1.08. The highest BCUT2D eigenvalue weighted by atomic mass is 19.1. The maximum Gasteiger partial charge on any atom is 0.233 e. The first kappa shape index (κ1) is 19.4. The Kier molecular flexibility index (Phi) is 5.25. The van der Waals surface area contributed by atoms with Gasteiger partial charge in [0.1, 0.15) is 0 Å². The summed E-state index contributed by atoms with van der Waals surface area (Å²) in [6, 6.07) is 4.75. The summed E-state index contributed by atoms with van der Waals surface area (Å²) in [5, 5.41) is 6.20. The van der Waals surface area contributed by atoms with Gasteiger partial charge in [-0.1, -0.05) is 18.2 Å². The van der Waals surface area contributed by atoms with Crippen molar-refractivity contribution in [3.8, 4) is 5.75 Å². The molecule has 2 aliphatic carbocycles. The summed E-state index contributed by atoms with van der Waals surface area (Å²) in [6.07, 6.45) is 5.11. The van der Waals surface area contributed by atoms with Crippen LogP contribution in [-0.4, -0.2) is 49.9 Å². The van der Waals surface area contributed by atoms with Crippen LogP contribution in [0.5, 0.6) is 5.75 Å². The van der Waals surface area contributed by atoms with Crippen molar-refractivity contribution in [3.63, 3.8) is 0 Å². The fourth-order valence-electron chi connectivity index (χ4n) is 4.70. The number of allylic oxidation sites excluding steroid dienone is 2. The van der Waals surface area contributed by atoms with Crippen LogP contribution in [0.1, 0.15) is 12.0 Å². The molecule has 3 aliphatic rings. The van der Waals surface area contributed by atoms with Gasteiger partial charge in [0.05, 0.1) is 18.9 Å². The van der Waals surface area contributed by atoms with E-state index in [9.17, 15) is 14.0 Å². The van der Waals surface area contributed by atoms with Gasteiger partial charge in [-0.2, -0.15) is 0 Å². The number of hydrogen-bond donors (Lipinski definition) is 2. The summed E-state index contributed by atoms with van der Waals surface area (Å²) in [7, 11) is 3.05. The third kappa shape index (κ3) is 3.47. The molecular formula is C21H25FN4O3. The van der Waals surface area contributed by atoms with E-state index in [1.807, 2.05) is 0 Å². The van der Waals surface area contributed by atoms with E-state index in [0.29, 0.717) is 25.6 Å². The Morgan fingerprint density at radius 2 is 1.90 bits per heavy atom. The Bertz CT molecular complexity index is 855. The van der Waals surface area contributed by atoms with Gasteiger partial charge in [0.25, 0.3) is 0 Å². The van der Waals surface area contributed by atoms with E-state index in [1.165, 1.54) is 18.1 Å². The average molecular weight is 400 g/mol. The lowest BCUT2D eigenvalue weighted by Crippen LogP contribution is -2.43. The van der Waals surface area contributed by atoms with E-state index in [4.69, 9.17) is 4.74 Å². The molecule has 4 rings (SSSR count). The monoisotopic (exact) mass is 400 g/mol. The molecule has 0 spiro atoms. The molecule has 1 aliphatic heterocycles. The standard InChI is InChI=1S/C21H25FN4O3/c1-23-21(25-11-12-3-6-16(29-2)15(22)9-12)24-7-8-26-19(27)17-13-4-5-14(10-13)18(17)20(26)28/h3-6,9,13-14,17-18H,7-8,10-11H2,1-2H3,(H2,23,24,25). The lowest BCUT2D eigenvalue weighted by molar-refractivity contribution is -0.140. The normalized spacial score (nSPS) is 27.6. The van der Waals surface area contributed by atoms with Gasteiger partial charge in [0, 0.05) is 26.7 Å². The molecule has 2 N–H and O–H groups in total. The molecule has 4 unspecified atom stereocenters. The minimum absolute atomic E-state index is 0.0460. The first-order chi connectivity index (χ1) is 14.0. The van der Waals surface area contributed by atoms with Crippen molar-refractivity contribution in [1.29, 1.82) is 0 Å². The lowest BCUT2D eigenvalue weighted by Gasteiger charge is -2.18. The second-order valence-electron chi connectivity index (χ2n) is 7.65. The zero-order chi connectivity index (χ0) is 20.5. The van der Waals surface area contributed by atoms with Crippen LogP contribution in [0.15, 0.2) is 35.3 Å². The SMILES string of the molecule is CN=C(NCCN1C(=O)C2C3C=CC(C3)C2C1=O)NCc1ccc(OC)c(F)c1. The molecule has 2 fully saturated rings. The molecule has 8 heteroatoms. The summed E-state index contributed by atoms with van der Waals surface area (Å²) < 4.78 is 18.7. The maximum absolute atomic E-state index is 13.8. The number of guanidine groups is 1. The maximum atomic E-state index is 13.8. The zero-order valence-electron chi connectivity index (χ0n) is 16.5. The lowest BCUT2D eigenvalue weighted by atomic mass is 9.85. The first-order valence-corrected chi connectivity index (χ1v) is 9.84. The van der Waals surface area contributed by atoms with Crippen LogP contribution in [0.2, 0.25) is 0 Å². The Labute approximate surface area is 169 Å². The number of rotatable bonds is 6. The predicted octanol–water partition coefficient (Wildman–Crippen LogP) is 1.31. The Hall–Kier alpha value is -2.90. The highest BCUT2D eigenvalue weighted by molar-refractivity contribution is 6.06. The second-order valence-corrected chi connectivity index (χ2v) is 7.65. The molecule has 0 aromatic heterocycles. The molecule has 2 amide bonds. The van der Waals surface area contributed by atoms with E-state index in [0.717, 1.165) is 12.0 Å². The van der Waals surface area contributed by atoms with Crippen LogP contribution in [0.3, 0.4) is 0 Å². The summed E-state index contributed by atoms with van der Waals surface area (Å²) in [5.74, 6) is 0.310. The summed E-state index contributed by atoms with van der Waals surface area (Å²) >= 11 is 0. The van der Waals surface area contributed by atoms with Crippen molar-refractivity contribution >= 4 is 17.8 Å². The number of ether oxygens (including phenoxy) is 1. The first-order valence-electron chi connectivity index (χ1n) is 9.84. The molecule has 7 nitrogen and oxygen atoms in total. The number of amides is 2. The van der Waals surface area contributed by atoms with Crippen molar-refractivity contribution in [2.45, 2.75) is 13.0 Å². The van der Waals surface area contributed by atoms with Crippen LogP contribution < -0.4 is 15.4 Å². The van der Waals surface area contributed by atoms with Gasteiger partial charge in [-0.3, -0.25) is 19.5 Å². The van der Waals surface area contributed by atoms with E-state index in [2.05, 4.69) is 27.8 Å². The van der Waals surface area contributed by atoms with Crippen LogP contribution in [0, 0.1) is 29.5 Å². The predicted molar refractivity (Wildman–Crippen MR) is 106 cm³/mol. The number of carbonyl (C=O) groups is 2. The van der Waals surface area contributed by atoms with E-state index >= 15 is 0 Å². The molecule has 1 aromatic rings. The van der Waals surface area contributed by atoms with E-state index in [1.54, 1.807) is 19.2 Å². The number of carbonyl (C=O) groups excluding carboxylic acids is 2. The zero-order valence-corrected chi connectivity index (χ0v) is 16.5. The van der Waals surface area contributed by atoms with Crippen molar-refractivity contribution in [1.82, 2.24) is 15.5 Å². The number of nitrogens with one attached hydrogen (secondary N) is 2. The molecule has 1 saturated heterocycles. The third-order valence-corrected chi connectivity index (χ3v) is 6.09. The number of likely N-dealkylation sites (tertiary alicyclic amines) is 1. The topological polar surface area (TPSA) is 83.0 Å². The van der Waals surface area contributed by atoms with E-state index < -0.39 is 5.82 Å². The number of fused-ring (bicyclic) bond motifs is 5. The molecule has 1 saturated carbocycles. The largest absolute Gasteiger partial charge is 0.494 e. The van der Waals surface area contributed by atoms with E-state index in [-0.39, 0.29) is 41.2 Å². The summed E-state index contributed by atoms with van der Waals surface area (Å²) in [4.78, 5) is 30.9. The van der Waals surface area contributed by atoms with Crippen molar-refractivity contribution in [3.05, 3.63) is 41.7 Å². The van der Waals surface area contributed by atoms with Crippen molar-refractivity contribution < 1.29 is 18.7 Å². The van der Waals surface area contributed by atoms with Crippen LogP contribution in [0.25, 0.3) is 0 Å². The summed E-state index contributed by atoms with van der Waals surface area (Å²) in [5.41, 5.74) is 0.743. The molecular weight excluding hydrogens is 375 g/mol. The van der Waals surface area contributed by atoms with Crippen LogP contribution >= 0.6 is 0 Å². The number of imide groups is 1. The molecule has 1 heterocycles. The molecule has 0 radical (unpaired) electrons. The Morgan fingerprint density at radius 1 is 1.21 bits per heavy atom.